The first-order chi connectivity index (χ1) is 13.7. The number of imidazole rings is 1. The van der Waals surface area contributed by atoms with Gasteiger partial charge >= 0.3 is 0 Å². The molecule has 0 radical (unpaired) electrons. The Kier molecular flexibility index (Phi) is 3.99. The van der Waals surface area contributed by atoms with E-state index in [1.54, 1.807) is 18.6 Å². The van der Waals surface area contributed by atoms with Crippen molar-refractivity contribution in [3.05, 3.63) is 60.1 Å². The molecule has 7 nitrogen and oxygen atoms in total. The summed E-state index contributed by atoms with van der Waals surface area (Å²) in [5.41, 5.74) is 4.32. The highest BCUT2D eigenvalue weighted by Gasteiger charge is 2.26. The molecule has 1 fully saturated rings. The Morgan fingerprint density at radius 3 is 2.86 bits per heavy atom. The molecule has 0 N–H and O–H groups in total. The minimum absolute atomic E-state index is 0.331. The molecule has 0 aliphatic carbocycles. The van der Waals surface area contributed by atoms with E-state index in [2.05, 4.69) is 37.5 Å². The number of aromatic nitrogens is 5. The van der Waals surface area contributed by atoms with E-state index in [0.29, 0.717) is 18.0 Å². The fourth-order valence-corrected chi connectivity index (χ4v) is 4.12. The van der Waals surface area contributed by atoms with Gasteiger partial charge in [-0.3, -0.25) is 15.0 Å². The predicted molar refractivity (Wildman–Crippen MR) is 106 cm³/mol. The standard InChI is InChI=1S/C21H19N7/c1-27-7-4-16(13-27)28-20(9-15-11-23-5-6-24-15)26-19-12-25-18-3-2-14(10-22)8-17(18)21(19)28/h2-3,5-6,8,11-12,16H,4,7,9,13H2,1H3. The Labute approximate surface area is 162 Å². The molecule has 7 heteroatoms. The molecule has 3 aromatic heterocycles. The van der Waals surface area contributed by atoms with Crippen molar-refractivity contribution in [1.29, 1.82) is 5.26 Å². The molecule has 1 unspecified atom stereocenters. The lowest BCUT2D eigenvalue weighted by Gasteiger charge is -2.17. The van der Waals surface area contributed by atoms with Crippen molar-refractivity contribution in [2.45, 2.75) is 18.9 Å². The van der Waals surface area contributed by atoms with Gasteiger partial charge in [-0.2, -0.15) is 5.26 Å². The third-order valence-corrected chi connectivity index (χ3v) is 5.41. The summed E-state index contributed by atoms with van der Waals surface area (Å²) in [4.78, 5) is 20.4. The van der Waals surface area contributed by atoms with Gasteiger partial charge in [-0.25, -0.2) is 4.98 Å². The predicted octanol–water partition coefficient (Wildman–Crippen LogP) is 2.71. The molecule has 1 saturated heterocycles. The molecular formula is C21H19N7. The average Bonchev–Trinajstić information content (AvgIpc) is 3.31. The molecule has 28 heavy (non-hydrogen) atoms. The average molecular weight is 369 g/mol. The normalized spacial score (nSPS) is 17.4. The molecule has 1 aromatic carbocycles. The minimum atomic E-state index is 0.331. The number of likely N-dealkylation sites (N-methyl/N-ethyl adjacent to an activating group) is 1. The van der Waals surface area contributed by atoms with Crippen LogP contribution in [0, 0.1) is 11.3 Å². The van der Waals surface area contributed by atoms with Gasteiger partial charge in [-0.1, -0.05) is 0 Å². The topological polar surface area (TPSA) is 83.5 Å². The van der Waals surface area contributed by atoms with Crippen molar-refractivity contribution in [2.75, 3.05) is 20.1 Å². The minimum Gasteiger partial charge on any atom is -0.323 e. The van der Waals surface area contributed by atoms with Crippen LogP contribution >= 0.6 is 0 Å². The SMILES string of the molecule is CN1CCC(n2c(Cc3cnccn3)nc3cnc4ccc(C#N)cc4c32)C1. The Balaban J connectivity index is 1.77. The van der Waals surface area contributed by atoms with Crippen molar-refractivity contribution in [3.63, 3.8) is 0 Å². The summed E-state index contributed by atoms with van der Waals surface area (Å²) in [6.07, 6.45) is 8.69. The van der Waals surface area contributed by atoms with Crippen LogP contribution in [0.3, 0.4) is 0 Å². The molecule has 0 amide bonds. The summed E-state index contributed by atoms with van der Waals surface area (Å²) >= 11 is 0. The molecule has 0 bridgehead atoms. The van der Waals surface area contributed by atoms with Crippen LogP contribution in [0.4, 0.5) is 0 Å². The highest BCUT2D eigenvalue weighted by molar-refractivity contribution is 6.02. The summed E-state index contributed by atoms with van der Waals surface area (Å²) in [6, 6.07) is 8.22. The molecule has 138 valence electrons. The van der Waals surface area contributed by atoms with Gasteiger partial charge in [-0.15, -0.1) is 0 Å². The number of fused-ring (bicyclic) bond motifs is 3. The first-order valence-electron chi connectivity index (χ1n) is 9.36. The maximum Gasteiger partial charge on any atom is 0.116 e. The first-order valence-corrected chi connectivity index (χ1v) is 9.36. The van der Waals surface area contributed by atoms with E-state index in [-0.39, 0.29) is 0 Å². The van der Waals surface area contributed by atoms with E-state index < -0.39 is 0 Å². The van der Waals surface area contributed by atoms with Gasteiger partial charge in [0.05, 0.1) is 34.6 Å². The van der Waals surface area contributed by atoms with Crippen LogP contribution in [-0.4, -0.2) is 49.5 Å². The van der Waals surface area contributed by atoms with E-state index in [9.17, 15) is 5.26 Å². The van der Waals surface area contributed by atoms with Crippen molar-refractivity contribution in [3.8, 4) is 6.07 Å². The van der Waals surface area contributed by atoms with Crippen LogP contribution < -0.4 is 0 Å². The molecular weight excluding hydrogens is 350 g/mol. The zero-order chi connectivity index (χ0) is 19.1. The monoisotopic (exact) mass is 369 g/mol. The molecule has 0 saturated carbocycles. The van der Waals surface area contributed by atoms with Crippen LogP contribution in [0.2, 0.25) is 0 Å². The number of likely N-dealkylation sites (tertiary alicyclic amines) is 1. The summed E-state index contributed by atoms with van der Waals surface area (Å²) in [6.45, 7) is 2.03. The second kappa shape index (κ2) is 6.66. The van der Waals surface area contributed by atoms with Crippen molar-refractivity contribution >= 4 is 21.9 Å². The zero-order valence-corrected chi connectivity index (χ0v) is 15.6. The van der Waals surface area contributed by atoms with Crippen LogP contribution in [0.25, 0.3) is 21.9 Å². The summed E-state index contributed by atoms with van der Waals surface area (Å²) in [5.74, 6) is 0.965. The van der Waals surface area contributed by atoms with Crippen LogP contribution in [0.15, 0.2) is 43.0 Å². The Morgan fingerprint density at radius 1 is 1.18 bits per heavy atom. The van der Waals surface area contributed by atoms with E-state index in [0.717, 1.165) is 53.0 Å². The van der Waals surface area contributed by atoms with E-state index >= 15 is 0 Å². The number of hydrogen-bond acceptors (Lipinski definition) is 6. The number of nitriles is 1. The maximum absolute atomic E-state index is 9.37. The fourth-order valence-electron chi connectivity index (χ4n) is 4.12. The zero-order valence-electron chi connectivity index (χ0n) is 15.6. The lowest BCUT2D eigenvalue weighted by Crippen LogP contribution is -2.18. The van der Waals surface area contributed by atoms with Gasteiger partial charge in [0.1, 0.15) is 11.3 Å². The number of pyridine rings is 1. The van der Waals surface area contributed by atoms with Crippen LogP contribution in [-0.2, 0) is 6.42 Å². The lowest BCUT2D eigenvalue weighted by atomic mass is 10.1. The molecule has 1 atom stereocenters. The maximum atomic E-state index is 9.37. The lowest BCUT2D eigenvalue weighted by molar-refractivity contribution is 0.392. The molecule has 4 heterocycles. The van der Waals surface area contributed by atoms with E-state index in [4.69, 9.17) is 4.98 Å². The van der Waals surface area contributed by atoms with Crippen molar-refractivity contribution < 1.29 is 0 Å². The fraction of sp³-hybridized carbons (Fsp3) is 0.286. The smallest absolute Gasteiger partial charge is 0.116 e. The Bertz CT molecular complexity index is 1210. The molecule has 4 aromatic rings. The Hall–Kier alpha value is -3.37. The molecule has 1 aliphatic heterocycles. The van der Waals surface area contributed by atoms with Gasteiger partial charge in [0, 0.05) is 43.0 Å². The van der Waals surface area contributed by atoms with Gasteiger partial charge in [0.2, 0.25) is 0 Å². The number of hydrogen-bond donors (Lipinski definition) is 0. The van der Waals surface area contributed by atoms with Gasteiger partial charge < -0.3 is 9.47 Å². The van der Waals surface area contributed by atoms with Crippen molar-refractivity contribution in [1.82, 2.24) is 29.4 Å². The highest BCUT2D eigenvalue weighted by Crippen LogP contribution is 2.32. The first kappa shape index (κ1) is 16.8. The Morgan fingerprint density at radius 2 is 2.11 bits per heavy atom. The third kappa shape index (κ3) is 2.79. The van der Waals surface area contributed by atoms with Gasteiger partial charge in [0.15, 0.2) is 0 Å². The van der Waals surface area contributed by atoms with E-state index in [1.165, 1.54) is 0 Å². The summed E-state index contributed by atoms with van der Waals surface area (Å²) in [7, 11) is 2.15. The number of nitrogens with zero attached hydrogens (tertiary/aromatic N) is 7. The van der Waals surface area contributed by atoms with Crippen LogP contribution in [0.5, 0.6) is 0 Å². The third-order valence-electron chi connectivity index (χ3n) is 5.41. The molecule has 5 rings (SSSR count). The van der Waals surface area contributed by atoms with Gasteiger partial charge in [-0.05, 0) is 38.2 Å². The second-order valence-corrected chi connectivity index (χ2v) is 7.31. The van der Waals surface area contributed by atoms with Gasteiger partial charge in [0.25, 0.3) is 0 Å². The van der Waals surface area contributed by atoms with Crippen molar-refractivity contribution in [2.24, 2.45) is 0 Å². The second-order valence-electron chi connectivity index (χ2n) is 7.31. The summed E-state index contributed by atoms with van der Waals surface area (Å²) in [5, 5.41) is 10.3. The molecule has 1 aliphatic rings. The molecule has 0 spiro atoms. The number of rotatable bonds is 3. The largest absolute Gasteiger partial charge is 0.323 e. The summed E-state index contributed by atoms with van der Waals surface area (Å²) < 4.78 is 2.35. The number of benzene rings is 1. The van der Waals surface area contributed by atoms with E-state index in [1.807, 2.05) is 24.4 Å². The van der Waals surface area contributed by atoms with Crippen LogP contribution in [0.1, 0.15) is 29.5 Å². The quantitative estimate of drug-likeness (QED) is 0.552. The highest BCUT2D eigenvalue weighted by atomic mass is 15.2.